The lowest BCUT2D eigenvalue weighted by molar-refractivity contribution is -0.145. The summed E-state index contributed by atoms with van der Waals surface area (Å²) in [5.74, 6) is -0.805. The molecule has 0 fully saturated rings. The van der Waals surface area contributed by atoms with Gasteiger partial charge in [-0.05, 0) is 12.8 Å². The second-order valence-corrected chi connectivity index (χ2v) is 12.8. The van der Waals surface area contributed by atoms with E-state index in [2.05, 4.69) is 13.8 Å². The van der Waals surface area contributed by atoms with Crippen molar-refractivity contribution < 1.29 is 30.0 Å². The minimum Gasteiger partial charge on any atom is -0.394 e. The summed E-state index contributed by atoms with van der Waals surface area (Å²) in [4.78, 5) is 27.2. The van der Waals surface area contributed by atoms with E-state index in [1.54, 1.807) is 0 Å². The van der Waals surface area contributed by atoms with Crippen LogP contribution in [0.15, 0.2) is 0 Å². The van der Waals surface area contributed by atoms with Gasteiger partial charge in [-0.15, -0.1) is 0 Å². The van der Waals surface area contributed by atoms with Crippen molar-refractivity contribution >= 4 is 11.7 Å². The Balaban J connectivity index is 4.29. The molecule has 1 amide bonds. The zero-order valence-electron chi connectivity index (χ0n) is 28.3. The maximum Gasteiger partial charge on any atom is 0.222 e. The Labute approximate surface area is 265 Å². The van der Waals surface area contributed by atoms with Crippen molar-refractivity contribution in [2.24, 2.45) is 0 Å². The zero-order chi connectivity index (χ0) is 32.0. The van der Waals surface area contributed by atoms with Gasteiger partial charge in [0.05, 0.1) is 13.2 Å². The van der Waals surface area contributed by atoms with E-state index in [0.717, 1.165) is 38.5 Å². The highest BCUT2D eigenvalue weighted by molar-refractivity contribution is 5.89. The highest BCUT2D eigenvalue weighted by atomic mass is 16.4. The van der Waals surface area contributed by atoms with Crippen molar-refractivity contribution in [1.29, 1.82) is 0 Å². The Hall–Kier alpha value is -1.02. The predicted octanol–water partition coefficient (Wildman–Crippen LogP) is 7.64. The third-order valence-corrected chi connectivity index (χ3v) is 8.71. The van der Waals surface area contributed by atoms with Crippen molar-refractivity contribution in [3.63, 3.8) is 0 Å². The van der Waals surface area contributed by atoms with Crippen molar-refractivity contribution in [3.8, 4) is 0 Å². The molecule has 0 unspecified atom stereocenters. The molecule has 0 spiro atoms. The summed E-state index contributed by atoms with van der Waals surface area (Å²) in [6.07, 6.45) is 25.8. The first-order valence-corrected chi connectivity index (χ1v) is 18.3. The van der Waals surface area contributed by atoms with E-state index >= 15 is 0 Å². The van der Waals surface area contributed by atoms with Crippen LogP contribution < -0.4 is 0 Å². The fourth-order valence-electron chi connectivity index (χ4n) is 5.68. The predicted molar refractivity (Wildman–Crippen MR) is 178 cm³/mol. The Morgan fingerprint density at radius 1 is 0.535 bits per heavy atom. The van der Waals surface area contributed by atoms with Crippen LogP contribution in [-0.4, -0.2) is 75.0 Å². The SMILES string of the molecule is CCCCCCCCCCCCCCCCCC(=O)N(CCCCCCCCCCCC)CC(=O)[C@@H](O)[C@H](O)[C@H](O)CO. The summed E-state index contributed by atoms with van der Waals surface area (Å²) in [7, 11) is 0. The number of carbonyl (C=O) groups excluding carboxylic acids is 2. The molecule has 256 valence electrons. The molecule has 4 N–H and O–H groups in total. The maximum absolute atomic E-state index is 13.0. The van der Waals surface area contributed by atoms with Gasteiger partial charge >= 0.3 is 0 Å². The molecule has 0 aliphatic heterocycles. The Bertz CT molecular complexity index is 631. The number of rotatable bonds is 33. The molecule has 0 aliphatic carbocycles. The number of amides is 1. The van der Waals surface area contributed by atoms with Crippen LogP contribution in [-0.2, 0) is 9.59 Å². The third kappa shape index (κ3) is 24.9. The number of ketones is 1. The first kappa shape index (κ1) is 42.0. The minimum absolute atomic E-state index is 0.0941. The molecular formula is C36H71NO6. The molecule has 0 aromatic rings. The van der Waals surface area contributed by atoms with E-state index < -0.39 is 30.7 Å². The number of Topliss-reactive ketones (excluding diaryl/α,β-unsaturated/α-hetero) is 1. The van der Waals surface area contributed by atoms with Gasteiger partial charge in [-0.1, -0.05) is 162 Å². The summed E-state index contributed by atoms with van der Waals surface area (Å²) >= 11 is 0. The fourth-order valence-corrected chi connectivity index (χ4v) is 5.68. The first-order chi connectivity index (χ1) is 20.9. The van der Waals surface area contributed by atoms with E-state index in [4.69, 9.17) is 5.11 Å². The lowest BCUT2D eigenvalue weighted by atomic mass is 10.0. The molecule has 43 heavy (non-hydrogen) atoms. The van der Waals surface area contributed by atoms with Gasteiger partial charge in [-0.25, -0.2) is 0 Å². The highest BCUT2D eigenvalue weighted by Crippen LogP contribution is 2.15. The number of carbonyl (C=O) groups is 2. The van der Waals surface area contributed by atoms with Gasteiger partial charge in [-0.2, -0.15) is 0 Å². The van der Waals surface area contributed by atoms with Gasteiger partial charge in [0, 0.05) is 13.0 Å². The van der Waals surface area contributed by atoms with Gasteiger partial charge in [0.15, 0.2) is 5.78 Å². The largest absolute Gasteiger partial charge is 0.394 e. The van der Waals surface area contributed by atoms with Crippen molar-refractivity contribution in [3.05, 3.63) is 0 Å². The van der Waals surface area contributed by atoms with Crippen LogP contribution in [0.3, 0.4) is 0 Å². The van der Waals surface area contributed by atoms with E-state index in [9.17, 15) is 24.9 Å². The number of hydrogen-bond donors (Lipinski definition) is 4. The van der Waals surface area contributed by atoms with Crippen LogP contribution in [0, 0.1) is 0 Å². The van der Waals surface area contributed by atoms with Crippen molar-refractivity contribution in [2.45, 2.75) is 199 Å². The molecule has 0 aromatic carbocycles. The molecular weight excluding hydrogens is 542 g/mol. The normalized spacial score (nSPS) is 13.6. The number of aliphatic hydroxyl groups is 4. The van der Waals surface area contributed by atoms with Crippen LogP contribution in [0.25, 0.3) is 0 Å². The average Bonchev–Trinajstić information content (AvgIpc) is 3.01. The van der Waals surface area contributed by atoms with E-state index in [1.165, 1.54) is 127 Å². The maximum atomic E-state index is 13.0. The number of unbranched alkanes of at least 4 members (excludes halogenated alkanes) is 23. The Morgan fingerprint density at radius 2 is 0.884 bits per heavy atom. The van der Waals surface area contributed by atoms with Gasteiger partial charge in [0.25, 0.3) is 0 Å². The van der Waals surface area contributed by atoms with Crippen LogP contribution >= 0.6 is 0 Å². The Morgan fingerprint density at radius 3 is 1.26 bits per heavy atom. The summed E-state index contributed by atoms with van der Waals surface area (Å²) < 4.78 is 0. The smallest absolute Gasteiger partial charge is 0.222 e. The molecule has 0 aromatic heterocycles. The minimum atomic E-state index is -1.84. The second kappa shape index (κ2) is 31.0. The van der Waals surface area contributed by atoms with Gasteiger partial charge in [0.1, 0.15) is 18.3 Å². The third-order valence-electron chi connectivity index (χ3n) is 8.71. The fraction of sp³-hybridized carbons (Fsp3) is 0.944. The quantitative estimate of drug-likeness (QED) is 0.0565. The molecule has 0 rings (SSSR count). The molecule has 0 aliphatic rings. The highest BCUT2D eigenvalue weighted by Gasteiger charge is 2.31. The van der Waals surface area contributed by atoms with Gasteiger partial charge < -0.3 is 25.3 Å². The zero-order valence-corrected chi connectivity index (χ0v) is 28.3. The average molecular weight is 614 g/mol. The van der Waals surface area contributed by atoms with E-state index in [1.807, 2.05) is 0 Å². The van der Waals surface area contributed by atoms with Gasteiger partial charge in [0.2, 0.25) is 5.91 Å². The molecule has 0 bridgehead atoms. The van der Waals surface area contributed by atoms with Crippen LogP contribution in [0.2, 0.25) is 0 Å². The van der Waals surface area contributed by atoms with Crippen molar-refractivity contribution in [1.82, 2.24) is 4.90 Å². The lowest BCUT2D eigenvalue weighted by Crippen LogP contribution is -2.48. The van der Waals surface area contributed by atoms with E-state index in [0.29, 0.717) is 13.0 Å². The van der Waals surface area contributed by atoms with Crippen molar-refractivity contribution in [2.75, 3.05) is 19.7 Å². The number of aliphatic hydroxyl groups excluding tert-OH is 4. The molecule has 0 radical (unpaired) electrons. The monoisotopic (exact) mass is 614 g/mol. The molecule has 0 heterocycles. The summed E-state index contributed by atoms with van der Waals surface area (Å²) in [6.45, 7) is 3.89. The Kier molecular flexibility index (Phi) is 30.2. The van der Waals surface area contributed by atoms with Crippen LogP contribution in [0.4, 0.5) is 0 Å². The summed E-state index contributed by atoms with van der Waals surface area (Å²) in [6, 6.07) is 0. The number of hydrogen-bond acceptors (Lipinski definition) is 6. The summed E-state index contributed by atoms with van der Waals surface area (Å²) in [5, 5.41) is 38.7. The van der Waals surface area contributed by atoms with Gasteiger partial charge in [-0.3, -0.25) is 9.59 Å². The summed E-state index contributed by atoms with van der Waals surface area (Å²) in [5.41, 5.74) is 0. The van der Waals surface area contributed by atoms with E-state index in [-0.39, 0.29) is 12.5 Å². The molecule has 3 atom stereocenters. The van der Waals surface area contributed by atoms with Crippen LogP contribution in [0.1, 0.15) is 181 Å². The molecule has 7 heteroatoms. The van der Waals surface area contributed by atoms with Crippen LogP contribution in [0.5, 0.6) is 0 Å². The molecule has 0 saturated carbocycles. The lowest BCUT2D eigenvalue weighted by Gasteiger charge is -2.26. The first-order valence-electron chi connectivity index (χ1n) is 18.3. The topological polar surface area (TPSA) is 118 Å². The number of nitrogens with zero attached hydrogens (tertiary/aromatic N) is 1. The standard InChI is InChI=1S/C36H71NO6/c1-3-5-7-9-11-13-15-16-17-18-19-20-22-24-26-28-34(41)37(30-32(39)35(42)36(43)33(40)31-38)29-27-25-23-21-14-12-10-8-6-4-2/h33,35-36,38,40,42-43H,3-31H2,1-2H3/t33-,35-,36-/m1/s1. The molecule has 0 saturated heterocycles. The molecule has 7 nitrogen and oxygen atoms in total. The second-order valence-electron chi connectivity index (χ2n) is 12.8.